The number of carboxylic acids is 1. The van der Waals surface area contributed by atoms with Gasteiger partial charge in [-0.05, 0) is 32.3 Å². The van der Waals surface area contributed by atoms with Crippen molar-refractivity contribution in [3.63, 3.8) is 0 Å². The maximum absolute atomic E-state index is 13.9. The second-order valence-corrected chi connectivity index (χ2v) is 6.88. The minimum atomic E-state index is -1.17. The van der Waals surface area contributed by atoms with Gasteiger partial charge >= 0.3 is 5.97 Å². The van der Waals surface area contributed by atoms with Crippen molar-refractivity contribution in [1.29, 1.82) is 0 Å². The van der Waals surface area contributed by atoms with Gasteiger partial charge in [-0.3, -0.25) is 9.59 Å². The molecule has 0 saturated heterocycles. The van der Waals surface area contributed by atoms with Gasteiger partial charge in [-0.1, -0.05) is 32.0 Å². The zero-order valence-electron chi connectivity index (χ0n) is 14.9. The van der Waals surface area contributed by atoms with Crippen molar-refractivity contribution >= 4 is 17.8 Å². The number of carbonyl (C=O) groups excluding carboxylic acids is 2. The number of benzene rings is 1. The molecule has 0 aromatic heterocycles. The Kier molecular flexibility index (Phi) is 7.09. The van der Waals surface area contributed by atoms with E-state index in [2.05, 4.69) is 10.6 Å². The highest BCUT2D eigenvalue weighted by Crippen LogP contribution is 2.25. The third kappa shape index (κ3) is 5.85. The highest BCUT2D eigenvalue weighted by Gasteiger charge is 2.32. The van der Waals surface area contributed by atoms with Crippen LogP contribution in [0, 0.1) is 11.7 Å². The van der Waals surface area contributed by atoms with Crippen molar-refractivity contribution in [3.05, 3.63) is 35.6 Å². The lowest BCUT2D eigenvalue weighted by molar-refractivity contribution is -0.142. The lowest BCUT2D eigenvalue weighted by Gasteiger charge is -2.24. The average Bonchev–Trinajstić information content (AvgIpc) is 2.51. The fourth-order valence-corrected chi connectivity index (χ4v) is 2.41. The number of halogens is 1. The second-order valence-electron chi connectivity index (χ2n) is 6.88. The van der Waals surface area contributed by atoms with Crippen LogP contribution in [0.5, 0.6) is 0 Å². The summed E-state index contributed by atoms with van der Waals surface area (Å²) in [5.41, 5.74) is -0.952. The molecule has 7 heteroatoms. The highest BCUT2D eigenvalue weighted by atomic mass is 19.1. The summed E-state index contributed by atoms with van der Waals surface area (Å²) in [7, 11) is 0. The molecule has 3 N–H and O–H groups in total. The fraction of sp³-hybridized carbons (Fsp3) is 0.500. The maximum atomic E-state index is 13.9. The Hall–Kier alpha value is -2.44. The van der Waals surface area contributed by atoms with E-state index < -0.39 is 35.1 Å². The van der Waals surface area contributed by atoms with Gasteiger partial charge in [0.15, 0.2) is 0 Å². The maximum Gasteiger partial charge on any atom is 0.326 e. The first-order chi connectivity index (χ1) is 11.6. The van der Waals surface area contributed by atoms with Crippen LogP contribution < -0.4 is 10.6 Å². The molecule has 0 saturated carbocycles. The third-order valence-corrected chi connectivity index (χ3v) is 3.86. The molecule has 0 radical (unpaired) electrons. The molecule has 2 amide bonds. The van der Waals surface area contributed by atoms with Gasteiger partial charge in [-0.25, -0.2) is 9.18 Å². The fourth-order valence-electron chi connectivity index (χ4n) is 2.41. The van der Waals surface area contributed by atoms with Crippen LogP contribution in [-0.4, -0.2) is 35.5 Å². The Morgan fingerprint density at radius 2 is 1.80 bits per heavy atom. The van der Waals surface area contributed by atoms with E-state index in [1.54, 1.807) is 19.9 Å². The normalized spacial score (nSPS) is 12.6. The van der Waals surface area contributed by atoms with Crippen LogP contribution in [0.1, 0.15) is 39.7 Å². The Labute approximate surface area is 146 Å². The van der Waals surface area contributed by atoms with Crippen molar-refractivity contribution in [2.75, 3.05) is 6.54 Å². The van der Waals surface area contributed by atoms with Crippen LogP contribution in [-0.2, 0) is 19.8 Å². The van der Waals surface area contributed by atoms with Crippen molar-refractivity contribution in [3.8, 4) is 0 Å². The lowest BCUT2D eigenvalue weighted by atomic mass is 9.83. The Bertz CT molecular complexity index is 644. The summed E-state index contributed by atoms with van der Waals surface area (Å²) in [4.78, 5) is 35.4. The number of hydrogen-bond acceptors (Lipinski definition) is 3. The summed E-state index contributed by atoms with van der Waals surface area (Å²) in [6, 6.07) is 4.92. The molecule has 0 unspecified atom stereocenters. The molecule has 1 rings (SSSR count). The molecule has 0 aliphatic rings. The van der Waals surface area contributed by atoms with Crippen molar-refractivity contribution in [2.24, 2.45) is 5.92 Å². The number of rotatable bonds is 8. The molecule has 138 valence electrons. The van der Waals surface area contributed by atoms with Crippen LogP contribution in [0.4, 0.5) is 4.39 Å². The molecule has 0 aliphatic carbocycles. The topological polar surface area (TPSA) is 95.5 Å². The first-order valence-electron chi connectivity index (χ1n) is 8.11. The molecule has 1 aromatic rings. The number of amides is 2. The lowest BCUT2D eigenvalue weighted by Crippen LogP contribution is -2.48. The van der Waals surface area contributed by atoms with Crippen LogP contribution in [0.25, 0.3) is 0 Å². The van der Waals surface area contributed by atoms with E-state index >= 15 is 0 Å². The SMILES string of the molecule is CC(C)C[C@H](NC(=O)CNC(=O)C(C)(C)c1ccccc1F)C(=O)O. The number of nitrogens with one attached hydrogen (secondary N) is 2. The van der Waals surface area contributed by atoms with E-state index in [0.29, 0.717) is 0 Å². The standard InChI is InChI=1S/C18H25FN2O4/c1-11(2)9-14(16(23)24)21-15(22)10-20-17(25)18(3,4)12-7-5-6-8-13(12)19/h5-8,11,14H,9-10H2,1-4H3,(H,20,25)(H,21,22)(H,23,24)/t14-/m0/s1. The highest BCUT2D eigenvalue weighted by molar-refractivity contribution is 5.92. The Balaban J connectivity index is 2.67. The van der Waals surface area contributed by atoms with E-state index in [1.807, 2.05) is 13.8 Å². The van der Waals surface area contributed by atoms with Gasteiger partial charge in [0.1, 0.15) is 11.9 Å². The predicted molar refractivity (Wildman–Crippen MR) is 91.5 cm³/mol. The molecule has 1 aromatic carbocycles. The minimum Gasteiger partial charge on any atom is -0.480 e. The summed E-state index contributed by atoms with van der Waals surface area (Å²) in [6.07, 6.45) is 0.287. The van der Waals surface area contributed by atoms with E-state index in [4.69, 9.17) is 5.11 Å². The van der Waals surface area contributed by atoms with Gasteiger partial charge in [0.2, 0.25) is 11.8 Å². The average molecular weight is 352 g/mol. The molecule has 0 bridgehead atoms. The molecule has 0 spiro atoms. The largest absolute Gasteiger partial charge is 0.480 e. The molecule has 25 heavy (non-hydrogen) atoms. The van der Waals surface area contributed by atoms with Gasteiger partial charge in [-0.2, -0.15) is 0 Å². The number of carbonyl (C=O) groups is 3. The summed E-state index contributed by atoms with van der Waals surface area (Å²) in [5.74, 6) is -2.67. The van der Waals surface area contributed by atoms with Gasteiger partial charge in [0.25, 0.3) is 0 Å². The predicted octanol–water partition coefficient (Wildman–Crippen LogP) is 1.83. The van der Waals surface area contributed by atoms with Crippen LogP contribution in [0.3, 0.4) is 0 Å². The molecule has 0 aliphatic heterocycles. The molecule has 1 atom stereocenters. The van der Waals surface area contributed by atoms with Gasteiger partial charge in [0, 0.05) is 5.56 Å². The first-order valence-corrected chi connectivity index (χ1v) is 8.11. The van der Waals surface area contributed by atoms with Crippen molar-refractivity contribution in [2.45, 2.75) is 45.6 Å². The van der Waals surface area contributed by atoms with E-state index in [0.717, 1.165) is 0 Å². The van der Waals surface area contributed by atoms with Gasteiger partial charge < -0.3 is 15.7 Å². The zero-order chi connectivity index (χ0) is 19.2. The molecule has 0 fully saturated rings. The second kappa shape index (κ2) is 8.60. The summed E-state index contributed by atoms with van der Waals surface area (Å²) in [5, 5.41) is 13.9. The van der Waals surface area contributed by atoms with Crippen molar-refractivity contribution in [1.82, 2.24) is 10.6 Å². The number of carboxylic acid groups (broad SMARTS) is 1. The first kappa shape index (κ1) is 20.6. The van der Waals surface area contributed by atoms with E-state index in [9.17, 15) is 18.8 Å². The summed E-state index contributed by atoms with van der Waals surface area (Å²) >= 11 is 0. The van der Waals surface area contributed by atoms with Crippen LogP contribution in [0.2, 0.25) is 0 Å². The smallest absolute Gasteiger partial charge is 0.326 e. The summed E-state index contributed by atoms with van der Waals surface area (Å²) in [6.45, 7) is 6.43. The van der Waals surface area contributed by atoms with E-state index in [1.165, 1.54) is 18.2 Å². The quantitative estimate of drug-likeness (QED) is 0.665. The number of aliphatic carboxylic acids is 1. The Morgan fingerprint density at radius 1 is 1.20 bits per heavy atom. The monoisotopic (exact) mass is 352 g/mol. The molecule has 6 nitrogen and oxygen atoms in total. The Morgan fingerprint density at radius 3 is 2.32 bits per heavy atom. The third-order valence-electron chi connectivity index (χ3n) is 3.86. The summed E-state index contributed by atoms with van der Waals surface area (Å²) < 4.78 is 13.9. The number of hydrogen-bond donors (Lipinski definition) is 3. The van der Waals surface area contributed by atoms with Gasteiger partial charge in [-0.15, -0.1) is 0 Å². The zero-order valence-corrected chi connectivity index (χ0v) is 14.9. The van der Waals surface area contributed by atoms with Crippen LogP contribution in [0.15, 0.2) is 24.3 Å². The molecular weight excluding hydrogens is 327 g/mol. The molecule has 0 heterocycles. The minimum absolute atomic E-state index is 0.0935. The van der Waals surface area contributed by atoms with Crippen LogP contribution >= 0.6 is 0 Å². The van der Waals surface area contributed by atoms with Crippen molar-refractivity contribution < 1.29 is 23.9 Å². The van der Waals surface area contributed by atoms with Gasteiger partial charge in [0.05, 0.1) is 12.0 Å². The van der Waals surface area contributed by atoms with E-state index in [-0.39, 0.29) is 24.4 Å². The molecular formula is C18H25FN2O4.